The van der Waals surface area contributed by atoms with Gasteiger partial charge in [-0.25, -0.2) is 9.78 Å². The molecular weight excluding hydrogens is 634 g/mol. The van der Waals surface area contributed by atoms with Gasteiger partial charge >= 0.3 is 16.4 Å². The fraction of sp³-hybridized carbons (Fsp3) is 0.462. The van der Waals surface area contributed by atoms with Crippen LogP contribution in [0.5, 0.6) is 5.75 Å². The summed E-state index contributed by atoms with van der Waals surface area (Å²) in [7, 11) is -3.08. The summed E-state index contributed by atoms with van der Waals surface area (Å²) in [4.78, 5) is 47.2. The molecule has 3 aromatic rings. The Bertz CT molecular complexity index is 1750. The van der Waals surface area contributed by atoms with E-state index in [4.69, 9.17) is 25.6 Å². The molecule has 45 heavy (non-hydrogen) atoms. The van der Waals surface area contributed by atoms with Crippen molar-refractivity contribution in [3.8, 4) is 5.75 Å². The van der Waals surface area contributed by atoms with Gasteiger partial charge in [0.15, 0.2) is 22.7 Å². The Morgan fingerprint density at radius 1 is 1.31 bits per heavy atom. The number of carbonyl (C=O) groups excluding carboxylic acids is 2. The zero-order valence-corrected chi connectivity index (χ0v) is 26.4. The van der Waals surface area contributed by atoms with Crippen LogP contribution >= 0.6 is 11.3 Å². The van der Waals surface area contributed by atoms with Crippen molar-refractivity contribution in [1.29, 1.82) is 0 Å². The molecule has 0 spiro atoms. The third-order valence-corrected chi connectivity index (χ3v) is 8.50. The van der Waals surface area contributed by atoms with Crippen molar-refractivity contribution < 1.29 is 51.0 Å². The summed E-state index contributed by atoms with van der Waals surface area (Å²) in [6.07, 6.45) is 0.617. The molecule has 1 aliphatic rings. The highest BCUT2D eigenvalue weighted by Crippen LogP contribution is 2.40. The number of amides is 1. The van der Waals surface area contributed by atoms with Crippen LogP contribution in [-0.2, 0) is 41.0 Å². The molecule has 0 radical (unpaired) electrons. The molecular formula is C26H34N7O10S2+. The van der Waals surface area contributed by atoms with Crippen LogP contribution in [0.2, 0.25) is 0 Å². The minimum Gasteiger partial charge on any atom is -0.489 e. The predicted molar refractivity (Wildman–Crippen MR) is 159 cm³/mol. The van der Waals surface area contributed by atoms with Gasteiger partial charge in [-0.2, -0.15) is 18.2 Å². The molecule has 19 heteroatoms. The normalized spacial score (nSPS) is 18.0. The molecule has 1 fully saturated rings. The fourth-order valence-electron chi connectivity index (χ4n) is 4.91. The minimum absolute atomic E-state index is 0.0196. The number of oxime groups is 1. The van der Waals surface area contributed by atoms with Crippen molar-refractivity contribution in [2.75, 3.05) is 18.9 Å². The first-order valence-electron chi connectivity index (χ1n) is 13.6. The molecule has 1 saturated heterocycles. The number of ether oxygens (including phenoxy) is 1. The van der Waals surface area contributed by atoms with Crippen molar-refractivity contribution in [3.05, 3.63) is 35.5 Å². The molecule has 1 amide bonds. The number of nitrogens with zero attached hydrogens (tertiary/aromatic N) is 5. The number of nitrogens with two attached hydrogens (primary N) is 2. The van der Waals surface area contributed by atoms with E-state index in [9.17, 15) is 27.9 Å². The number of Topliss-reactive ketones (excluding diaryl/α,β-unsaturated/α-hetero) is 1. The van der Waals surface area contributed by atoms with Gasteiger partial charge in [-0.3, -0.25) is 14.1 Å². The Hall–Kier alpha value is -4.17. The zero-order chi connectivity index (χ0) is 33.3. The van der Waals surface area contributed by atoms with E-state index in [-0.39, 0.29) is 16.9 Å². The fourth-order valence-corrected chi connectivity index (χ4v) is 5.91. The lowest BCUT2D eigenvalue weighted by Crippen LogP contribution is -2.68. The third-order valence-electron chi connectivity index (χ3n) is 7.49. The van der Waals surface area contributed by atoms with Gasteiger partial charge in [0.2, 0.25) is 6.20 Å². The molecule has 2 aromatic heterocycles. The molecule has 1 unspecified atom stereocenters. The number of nitrogen functional groups attached to an aromatic ring is 1. The molecule has 0 bridgehead atoms. The smallest absolute Gasteiger partial charge is 0.418 e. The largest absolute Gasteiger partial charge is 0.489 e. The SMILES string of the molecule is CCC(CN)[n+]1cc2cc(OC[C@H](O/N=C(\C(=O)C[C@@H]3C(=O)N(OS(=O)(=O)O)C3(C)C)c3csc(N)n3)C(=O)O)ccc2n1C. The monoisotopic (exact) mass is 668 g/mol. The third kappa shape index (κ3) is 7.22. The second-order valence-electron chi connectivity index (χ2n) is 10.8. The topological polar surface area (TPSA) is 243 Å². The molecule has 17 nitrogen and oxygen atoms in total. The van der Waals surface area contributed by atoms with Crippen LogP contribution in [0.1, 0.15) is 45.3 Å². The highest BCUT2D eigenvalue weighted by Gasteiger charge is 2.57. The van der Waals surface area contributed by atoms with E-state index < -0.39 is 64.4 Å². The minimum atomic E-state index is -4.99. The van der Waals surface area contributed by atoms with Crippen LogP contribution in [0.15, 0.2) is 34.9 Å². The van der Waals surface area contributed by atoms with E-state index in [1.807, 2.05) is 35.6 Å². The Labute approximate surface area is 261 Å². The van der Waals surface area contributed by atoms with Gasteiger partial charge in [-0.1, -0.05) is 12.1 Å². The molecule has 0 saturated carbocycles. The lowest BCUT2D eigenvalue weighted by molar-refractivity contribution is -0.791. The van der Waals surface area contributed by atoms with Gasteiger partial charge in [0.1, 0.15) is 23.6 Å². The Morgan fingerprint density at radius 3 is 2.58 bits per heavy atom. The summed E-state index contributed by atoms with van der Waals surface area (Å²) in [6, 6.07) is 5.35. The van der Waals surface area contributed by atoms with Crippen LogP contribution in [0.4, 0.5) is 5.13 Å². The number of aromatic nitrogens is 3. The second-order valence-corrected chi connectivity index (χ2v) is 12.7. The Morgan fingerprint density at radius 2 is 2.02 bits per heavy atom. The van der Waals surface area contributed by atoms with E-state index in [1.165, 1.54) is 19.2 Å². The molecule has 0 aliphatic carbocycles. The first-order chi connectivity index (χ1) is 21.1. The Kier molecular flexibility index (Phi) is 9.78. The highest BCUT2D eigenvalue weighted by atomic mass is 32.3. The van der Waals surface area contributed by atoms with Crippen LogP contribution in [0.3, 0.4) is 0 Å². The summed E-state index contributed by atoms with van der Waals surface area (Å²) >= 11 is 0.989. The van der Waals surface area contributed by atoms with E-state index in [2.05, 4.69) is 14.4 Å². The quantitative estimate of drug-likeness (QED) is 0.0571. The molecule has 3 heterocycles. The number of benzene rings is 1. The summed E-state index contributed by atoms with van der Waals surface area (Å²) in [5.41, 5.74) is 10.8. The summed E-state index contributed by atoms with van der Waals surface area (Å²) in [5, 5.41) is 16.3. The van der Waals surface area contributed by atoms with Crippen molar-refractivity contribution in [1.82, 2.24) is 14.7 Å². The maximum Gasteiger partial charge on any atom is 0.418 e. The molecule has 1 aliphatic heterocycles. The maximum atomic E-state index is 13.3. The molecule has 4 rings (SSSR count). The number of rotatable bonds is 15. The summed E-state index contributed by atoms with van der Waals surface area (Å²) in [5.74, 6) is -3.78. The lowest BCUT2D eigenvalue weighted by atomic mass is 9.74. The average Bonchev–Trinajstić information content (AvgIpc) is 3.54. The number of carboxylic acids is 1. The van der Waals surface area contributed by atoms with Crippen LogP contribution < -0.4 is 20.9 Å². The number of anilines is 1. The number of aryl methyl sites for hydroxylation is 1. The van der Waals surface area contributed by atoms with Crippen molar-refractivity contribution in [2.24, 2.45) is 23.9 Å². The van der Waals surface area contributed by atoms with E-state index in [0.717, 1.165) is 28.7 Å². The number of ketones is 1. The Balaban J connectivity index is 1.51. The van der Waals surface area contributed by atoms with Crippen molar-refractivity contribution >= 4 is 61.1 Å². The standard InChI is InChI=1S/C26H33N7O10S2/c1-5-15(10-27)32-11-14-8-16(6-7-19(14)31(32)4)41-12-21(24(36)37)42-30-22(18-13-44-25(28)29-18)20(34)9-17-23(35)33(26(17,2)3)43-45(38,39)40/h6-8,11,13,15,17,21H,5,9-10,12,27H2,1-4H3,(H3-,28,29,36,37,38,39,40)/p+1/b30-22-/t15?,17-,21+/m1/s1. The van der Waals surface area contributed by atoms with Crippen LogP contribution in [-0.4, -0.2) is 81.0 Å². The van der Waals surface area contributed by atoms with Gasteiger partial charge in [-0.05, 0) is 32.0 Å². The van der Waals surface area contributed by atoms with Crippen LogP contribution in [0, 0.1) is 5.92 Å². The molecule has 244 valence electrons. The second kappa shape index (κ2) is 13.1. The first-order valence-corrected chi connectivity index (χ1v) is 15.9. The maximum absolute atomic E-state index is 13.3. The van der Waals surface area contributed by atoms with E-state index >= 15 is 0 Å². The molecule has 6 N–H and O–H groups in total. The van der Waals surface area contributed by atoms with E-state index in [1.54, 1.807) is 12.1 Å². The van der Waals surface area contributed by atoms with Gasteiger partial charge in [-0.15, -0.1) is 20.3 Å². The number of fused-ring (bicyclic) bond motifs is 1. The van der Waals surface area contributed by atoms with E-state index in [0.29, 0.717) is 17.4 Å². The zero-order valence-electron chi connectivity index (χ0n) is 24.8. The van der Waals surface area contributed by atoms with Gasteiger partial charge in [0.05, 0.1) is 30.4 Å². The number of carboxylic acid groups (broad SMARTS) is 1. The summed E-state index contributed by atoms with van der Waals surface area (Å²) in [6.45, 7) is 4.87. The first kappa shape index (κ1) is 33.7. The van der Waals surface area contributed by atoms with Crippen molar-refractivity contribution in [2.45, 2.75) is 51.3 Å². The summed E-state index contributed by atoms with van der Waals surface area (Å²) < 4.78 is 45.2. The van der Waals surface area contributed by atoms with Gasteiger partial charge in [0.25, 0.3) is 12.0 Å². The highest BCUT2D eigenvalue weighted by molar-refractivity contribution is 7.80. The predicted octanol–water partition coefficient (Wildman–Crippen LogP) is 0.598. The number of hydroxylamine groups is 2. The van der Waals surface area contributed by atoms with Gasteiger partial charge < -0.3 is 26.1 Å². The number of thiazole rings is 1. The number of β-lactam (4-membered cyclic amide) rings is 1. The lowest BCUT2D eigenvalue weighted by Gasteiger charge is -2.50. The van der Waals surface area contributed by atoms with Gasteiger partial charge in [0, 0.05) is 18.2 Å². The average molecular weight is 669 g/mol. The molecule has 3 atom stereocenters. The number of hydrogen-bond donors (Lipinski definition) is 4. The molecule has 1 aromatic carbocycles. The van der Waals surface area contributed by atoms with Crippen molar-refractivity contribution in [3.63, 3.8) is 0 Å². The van der Waals surface area contributed by atoms with Crippen LogP contribution in [0.25, 0.3) is 10.9 Å². The number of aliphatic carboxylic acids is 1. The number of hydrogen-bond acceptors (Lipinski definition) is 13. The number of carbonyl (C=O) groups is 3.